The lowest BCUT2D eigenvalue weighted by Gasteiger charge is -2.22. The van der Waals surface area contributed by atoms with E-state index in [1.807, 2.05) is 26.0 Å². The quantitative estimate of drug-likeness (QED) is 0.377. The summed E-state index contributed by atoms with van der Waals surface area (Å²) in [5.41, 5.74) is 4.04. The Kier molecular flexibility index (Phi) is 5.10. The van der Waals surface area contributed by atoms with Gasteiger partial charge in [0.05, 0.1) is 17.0 Å². The van der Waals surface area contributed by atoms with Crippen LogP contribution in [0.5, 0.6) is 5.75 Å². The highest BCUT2D eigenvalue weighted by molar-refractivity contribution is 6.30. The Labute approximate surface area is 194 Å². The summed E-state index contributed by atoms with van der Waals surface area (Å²) in [7, 11) is 0. The molecule has 3 aromatic carbocycles. The fraction of sp³-hybridized carbons (Fsp3) is 0.154. The molecule has 0 spiro atoms. The first-order valence-electron chi connectivity index (χ1n) is 10.5. The second-order valence-corrected chi connectivity index (χ2v) is 8.56. The van der Waals surface area contributed by atoms with Crippen LogP contribution < -0.4 is 15.5 Å². The zero-order valence-corrected chi connectivity index (χ0v) is 18.7. The van der Waals surface area contributed by atoms with Gasteiger partial charge < -0.3 is 19.6 Å². The smallest absolute Gasteiger partial charge is 0.337 e. The monoisotopic (exact) mass is 461 g/mol. The van der Waals surface area contributed by atoms with E-state index in [9.17, 15) is 14.7 Å². The predicted octanol–water partition coefficient (Wildman–Crippen LogP) is 6.19. The van der Waals surface area contributed by atoms with Crippen LogP contribution in [-0.2, 0) is 6.61 Å². The molecule has 2 N–H and O–H groups in total. The first-order chi connectivity index (χ1) is 15.8. The molecule has 4 aromatic rings. The fourth-order valence-electron chi connectivity index (χ4n) is 4.23. The topological polar surface area (TPSA) is 88.8 Å². The predicted molar refractivity (Wildman–Crippen MR) is 127 cm³/mol. The van der Waals surface area contributed by atoms with E-state index in [1.54, 1.807) is 42.5 Å². The van der Waals surface area contributed by atoms with Crippen LogP contribution in [0.25, 0.3) is 22.3 Å². The molecule has 0 fully saturated rings. The largest absolute Gasteiger partial charge is 0.481 e. The van der Waals surface area contributed by atoms with Crippen molar-refractivity contribution >= 4 is 34.2 Å². The number of hydrogen-bond donors (Lipinski definition) is 2. The summed E-state index contributed by atoms with van der Waals surface area (Å²) in [5.74, 6) is -0.504. The molecule has 1 atom stereocenters. The minimum atomic E-state index is -1.02. The van der Waals surface area contributed by atoms with E-state index in [0.717, 1.165) is 22.3 Å². The van der Waals surface area contributed by atoms with Crippen molar-refractivity contribution in [2.75, 3.05) is 5.32 Å². The number of carboxylic acids is 1. The van der Waals surface area contributed by atoms with Crippen LogP contribution in [0.4, 0.5) is 5.69 Å². The molecule has 0 radical (unpaired) electrons. The van der Waals surface area contributed by atoms with Crippen LogP contribution in [-0.4, -0.2) is 11.1 Å². The molecular weight excluding hydrogens is 442 g/mol. The number of halogens is 1. The average molecular weight is 462 g/mol. The second-order valence-electron chi connectivity index (χ2n) is 8.13. The van der Waals surface area contributed by atoms with Crippen LogP contribution in [0.15, 0.2) is 63.8 Å². The summed E-state index contributed by atoms with van der Waals surface area (Å²) >= 11 is 6.22. The maximum absolute atomic E-state index is 13.4. The Morgan fingerprint density at radius 3 is 2.73 bits per heavy atom. The number of aromatic carboxylic acids is 1. The van der Waals surface area contributed by atoms with E-state index in [4.69, 9.17) is 20.8 Å². The number of ether oxygens (including phenoxy) is 1. The van der Waals surface area contributed by atoms with Crippen LogP contribution in [0.1, 0.15) is 40.0 Å². The van der Waals surface area contributed by atoms with E-state index in [0.29, 0.717) is 27.4 Å². The van der Waals surface area contributed by atoms with E-state index < -0.39 is 5.97 Å². The highest BCUT2D eigenvalue weighted by Crippen LogP contribution is 2.40. The van der Waals surface area contributed by atoms with Crippen molar-refractivity contribution in [1.82, 2.24) is 0 Å². The molecule has 1 aliphatic heterocycles. The van der Waals surface area contributed by atoms with Crippen molar-refractivity contribution in [2.45, 2.75) is 26.5 Å². The molecule has 0 bridgehead atoms. The third kappa shape index (κ3) is 3.62. The van der Waals surface area contributed by atoms with Crippen molar-refractivity contribution < 1.29 is 19.1 Å². The summed E-state index contributed by atoms with van der Waals surface area (Å²) in [5, 5.41) is 13.7. The van der Waals surface area contributed by atoms with Gasteiger partial charge in [-0.15, -0.1) is 0 Å². The highest BCUT2D eigenvalue weighted by Gasteiger charge is 2.27. The molecule has 5 rings (SSSR count). The van der Waals surface area contributed by atoms with Crippen molar-refractivity contribution in [1.29, 1.82) is 0 Å². The Balaban J connectivity index is 1.70. The molecule has 6 nitrogen and oxygen atoms in total. The number of aryl methyl sites for hydroxylation is 1. The van der Waals surface area contributed by atoms with E-state index >= 15 is 0 Å². The van der Waals surface area contributed by atoms with Gasteiger partial charge in [-0.3, -0.25) is 4.79 Å². The number of carboxylic acid groups (broad SMARTS) is 1. The zero-order valence-electron chi connectivity index (χ0n) is 17.9. The standard InChI is InChI=1S/C26H20ClNO5/c1-13-9-18(14(2)28-21-6-4-3-5-17(21)26(30)31)23-20(10-13)22(29)25-24(33-23)19-11-16(27)8-7-15(19)12-32-25/h3-11,14,28H,12H2,1-2H3,(H,30,31). The van der Waals surface area contributed by atoms with Crippen LogP contribution in [0.3, 0.4) is 0 Å². The molecule has 1 aliphatic rings. The van der Waals surface area contributed by atoms with Crippen molar-refractivity contribution in [2.24, 2.45) is 0 Å². The zero-order chi connectivity index (χ0) is 23.3. The van der Waals surface area contributed by atoms with E-state index in [-0.39, 0.29) is 29.4 Å². The van der Waals surface area contributed by atoms with Crippen molar-refractivity contribution in [3.8, 4) is 17.1 Å². The molecule has 2 heterocycles. The van der Waals surface area contributed by atoms with Gasteiger partial charge in [-0.25, -0.2) is 4.79 Å². The Morgan fingerprint density at radius 2 is 1.94 bits per heavy atom. The Bertz CT molecular complexity index is 1490. The molecule has 1 unspecified atom stereocenters. The molecule has 1 aromatic heterocycles. The minimum Gasteiger partial charge on any atom is -0.481 e. The van der Waals surface area contributed by atoms with Crippen LogP contribution in [0.2, 0.25) is 5.02 Å². The van der Waals surface area contributed by atoms with E-state index in [1.165, 1.54) is 0 Å². The lowest BCUT2D eigenvalue weighted by Crippen LogP contribution is -2.16. The normalized spacial score (nSPS) is 13.1. The Hall–Kier alpha value is -3.77. The second kappa shape index (κ2) is 7.98. The van der Waals surface area contributed by atoms with Gasteiger partial charge >= 0.3 is 5.97 Å². The van der Waals surface area contributed by atoms with Gasteiger partial charge in [-0.1, -0.05) is 35.9 Å². The number of rotatable bonds is 4. The fourth-order valence-corrected chi connectivity index (χ4v) is 4.40. The number of carbonyl (C=O) groups is 1. The van der Waals surface area contributed by atoms with Gasteiger partial charge in [0.1, 0.15) is 12.2 Å². The summed E-state index contributed by atoms with van der Waals surface area (Å²) in [6.45, 7) is 4.06. The van der Waals surface area contributed by atoms with Gasteiger partial charge in [0.25, 0.3) is 0 Å². The summed E-state index contributed by atoms with van der Waals surface area (Å²) < 4.78 is 12.1. The molecule has 33 heavy (non-hydrogen) atoms. The van der Waals surface area contributed by atoms with Gasteiger partial charge in [-0.05, 0) is 49.7 Å². The number of para-hydroxylation sites is 1. The van der Waals surface area contributed by atoms with Gasteiger partial charge in [0.2, 0.25) is 11.2 Å². The Morgan fingerprint density at radius 1 is 1.15 bits per heavy atom. The molecule has 0 saturated carbocycles. The molecule has 0 aliphatic carbocycles. The minimum absolute atomic E-state index is 0.164. The highest BCUT2D eigenvalue weighted by atomic mass is 35.5. The molecule has 166 valence electrons. The summed E-state index contributed by atoms with van der Waals surface area (Å²) in [6, 6.07) is 15.5. The number of anilines is 1. The SMILES string of the molecule is Cc1cc(C(C)Nc2ccccc2C(=O)O)c2oc3c(c(=O)c2c1)OCc1ccc(Cl)cc1-3. The number of fused-ring (bicyclic) bond motifs is 4. The maximum Gasteiger partial charge on any atom is 0.337 e. The third-order valence-electron chi connectivity index (χ3n) is 5.81. The number of hydrogen-bond acceptors (Lipinski definition) is 5. The van der Waals surface area contributed by atoms with E-state index in [2.05, 4.69) is 5.32 Å². The van der Waals surface area contributed by atoms with Gasteiger partial charge in [-0.2, -0.15) is 0 Å². The first-order valence-corrected chi connectivity index (χ1v) is 10.8. The number of benzene rings is 3. The van der Waals surface area contributed by atoms with Gasteiger partial charge in [0.15, 0.2) is 5.76 Å². The summed E-state index contributed by atoms with van der Waals surface area (Å²) in [4.78, 5) is 25.0. The molecule has 0 amide bonds. The van der Waals surface area contributed by atoms with Crippen LogP contribution in [0, 0.1) is 6.92 Å². The lowest BCUT2D eigenvalue weighted by atomic mass is 9.98. The lowest BCUT2D eigenvalue weighted by molar-refractivity contribution is 0.0698. The van der Waals surface area contributed by atoms with Crippen molar-refractivity contribution in [3.05, 3.63) is 92.1 Å². The average Bonchev–Trinajstić information content (AvgIpc) is 2.79. The molecule has 7 heteroatoms. The third-order valence-corrected chi connectivity index (χ3v) is 6.04. The maximum atomic E-state index is 13.4. The van der Waals surface area contributed by atoms with Gasteiger partial charge in [0, 0.05) is 27.4 Å². The van der Waals surface area contributed by atoms with Crippen molar-refractivity contribution in [3.63, 3.8) is 0 Å². The molecule has 0 saturated heterocycles. The number of nitrogens with one attached hydrogen (secondary N) is 1. The molecular formula is C26H20ClNO5. The summed E-state index contributed by atoms with van der Waals surface area (Å²) in [6.07, 6.45) is 0. The first kappa shape index (κ1) is 21.1. The van der Waals surface area contributed by atoms with Crippen LogP contribution >= 0.6 is 11.6 Å².